The molecule has 0 aliphatic heterocycles. The van der Waals surface area contributed by atoms with Crippen LogP contribution in [-0.2, 0) is 0 Å². The minimum atomic E-state index is 0.673. The molecule has 0 unspecified atom stereocenters. The lowest BCUT2D eigenvalue weighted by Crippen LogP contribution is -2.21. The molecule has 5 heteroatoms. The van der Waals surface area contributed by atoms with E-state index in [4.69, 9.17) is 18.0 Å². The van der Waals surface area contributed by atoms with E-state index in [1.165, 1.54) is 0 Å². The molecule has 0 aromatic heterocycles. The lowest BCUT2D eigenvalue weighted by Gasteiger charge is -2.16. The number of nitrogens with zero attached hydrogens (tertiary/aromatic N) is 1. The molecule has 14 heavy (non-hydrogen) atoms. The fraction of sp³-hybridized carbons (Fsp3) is 0.222. The van der Waals surface area contributed by atoms with Crippen LogP contribution in [0.2, 0.25) is 0 Å². The monoisotopic (exact) mass is 336 g/mol. The van der Waals surface area contributed by atoms with E-state index < -0.39 is 0 Å². The van der Waals surface area contributed by atoms with Gasteiger partial charge in [-0.25, -0.2) is 0 Å². The van der Waals surface area contributed by atoms with Crippen molar-refractivity contribution < 1.29 is 0 Å². The molecule has 0 spiro atoms. The van der Waals surface area contributed by atoms with Gasteiger partial charge in [-0.2, -0.15) is 0 Å². The molecule has 1 aromatic rings. The zero-order chi connectivity index (χ0) is 10.9. The van der Waals surface area contributed by atoms with Gasteiger partial charge in [-0.3, -0.25) is 0 Å². The maximum absolute atomic E-state index is 5.91. The molecule has 0 bridgehead atoms. The smallest absolute Gasteiger partial charge is 0.110 e. The van der Waals surface area contributed by atoms with Crippen molar-refractivity contribution in [3.63, 3.8) is 0 Å². The number of hydrogen-bond acceptors (Lipinski definition) is 2. The molecule has 0 aliphatic carbocycles. The molecular formula is C9H10Br2N2S. The van der Waals surface area contributed by atoms with E-state index in [9.17, 15) is 0 Å². The van der Waals surface area contributed by atoms with Crippen LogP contribution in [0.4, 0.5) is 5.69 Å². The number of anilines is 1. The fourth-order valence-electron chi connectivity index (χ4n) is 1.00. The largest absolute Gasteiger partial charge is 0.397 e. The minimum absolute atomic E-state index is 0.673. The third-order valence-electron chi connectivity index (χ3n) is 1.73. The molecule has 1 aromatic carbocycles. The SMILES string of the molecule is CN(C)C(=S)c1cc(Br)cc(Br)c1N. The lowest BCUT2D eigenvalue weighted by atomic mass is 10.2. The Kier molecular flexibility index (Phi) is 3.92. The first-order chi connectivity index (χ1) is 6.43. The Morgan fingerprint density at radius 1 is 1.36 bits per heavy atom. The summed E-state index contributed by atoms with van der Waals surface area (Å²) in [4.78, 5) is 2.59. The highest BCUT2D eigenvalue weighted by molar-refractivity contribution is 9.11. The number of benzene rings is 1. The summed E-state index contributed by atoms with van der Waals surface area (Å²) >= 11 is 12.0. The third kappa shape index (κ3) is 2.46. The summed E-state index contributed by atoms with van der Waals surface area (Å²) in [6.07, 6.45) is 0. The number of halogens is 2. The van der Waals surface area contributed by atoms with Crippen LogP contribution in [-0.4, -0.2) is 24.0 Å². The second-order valence-electron chi connectivity index (χ2n) is 3.05. The Balaban J connectivity index is 3.27. The predicted molar refractivity (Wildman–Crippen MR) is 71.6 cm³/mol. The molecule has 0 amide bonds. The molecule has 0 saturated carbocycles. The van der Waals surface area contributed by atoms with Crippen LogP contribution < -0.4 is 5.73 Å². The van der Waals surface area contributed by atoms with Gasteiger partial charge in [-0.1, -0.05) is 28.1 Å². The molecule has 0 radical (unpaired) electrons. The minimum Gasteiger partial charge on any atom is -0.397 e. The summed E-state index contributed by atoms with van der Waals surface area (Å²) in [6, 6.07) is 3.82. The molecule has 0 atom stereocenters. The topological polar surface area (TPSA) is 29.3 Å². The normalized spacial score (nSPS) is 10.0. The molecular weight excluding hydrogens is 328 g/mol. The number of nitrogen functional groups attached to an aromatic ring is 1. The van der Waals surface area contributed by atoms with E-state index in [1.54, 1.807) is 0 Å². The number of thiocarbonyl (C=S) groups is 1. The third-order valence-corrected chi connectivity index (χ3v) is 3.43. The van der Waals surface area contributed by atoms with E-state index >= 15 is 0 Å². The van der Waals surface area contributed by atoms with Crippen molar-refractivity contribution in [2.24, 2.45) is 0 Å². The molecule has 0 heterocycles. The van der Waals surface area contributed by atoms with Crippen molar-refractivity contribution in [2.75, 3.05) is 19.8 Å². The summed E-state index contributed by atoms with van der Waals surface area (Å²) in [6.45, 7) is 0. The Morgan fingerprint density at radius 2 is 1.93 bits per heavy atom. The molecule has 2 N–H and O–H groups in total. The van der Waals surface area contributed by atoms with Gasteiger partial charge in [-0.15, -0.1) is 0 Å². The summed E-state index contributed by atoms with van der Waals surface area (Å²) < 4.78 is 1.81. The van der Waals surface area contributed by atoms with Gasteiger partial charge in [0.25, 0.3) is 0 Å². The quantitative estimate of drug-likeness (QED) is 0.631. The second kappa shape index (κ2) is 4.59. The highest BCUT2D eigenvalue weighted by atomic mass is 79.9. The second-order valence-corrected chi connectivity index (χ2v) is 5.21. The highest BCUT2D eigenvalue weighted by Gasteiger charge is 2.11. The highest BCUT2D eigenvalue weighted by Crippen LogP contribution is 2.29. The van der Waals surface area contributed by atoms with E-state index in [0.29, 0.717) is 5.69 Å². The Hall–Kier alpha value is -0.130. The predicted octanol–water partition coefficient (Wildman–Crippen LogP) is 3.03. The number of hydrogen-bond donors (Lipinski definition) is 1. The van der Waals surface area contributed by atoms with Crippen molar-refractivity contribution in [3.8, 4) is 0 Å². The molecule has 0 aliphatic rings. The van der Waals surface area contributed by atoms with Gasteiger partial charge < -0.3 is 10.6 Å². The standard InChI is InChI=1S/C9H10Br2N2S/c1-13(2)9(14)6-3-5(10)4-7(11)8(6)12/h3-4H,12H2,1-2H3. The summed E-state index contributed by atoms with van der Waals surface area (Å²) in [5.74, 6) is 0. The van der Waals surface area contributed by atoms with Crippen molar-refractivity contribution in [1.82, 2.24) is 4.90 Å². The zero-order valence-electron chi connectivity index (χ0n) is 7.84. The molecule has 76 valence electrons. The van der Waals surface area contributed by atoms with Gasteiger partial charge >= 0.3 is 0 Å². The van der Waals surface area contributed by atoms with Gasteiger partial charge in [0.15, 0.2) is 0 Å². The summed E-state index contributed by atoms with van der Waals surface area (Å²) in [5.41, 5.74) is 7.45. The molecule has 1 rings (SSSR count). The lowest BCUT2D eigenvalue weighted by molar-refractivity contribution is 0.637. The number of nitrogens with two attached hydrogens (primary N) is 1. The van der Waals surface area contributed by atoms with Gasteiger partial charge in [0.05, 0.1) is 5.69 Å². The van der Waals surface area contributed by atoms with Gasteiger partial charge in [0, 0.05) is 28.6 Å². The van der Waals surface area contributed by atoms with Crippen LogP contribution in [0, 0.1) is 0 Å². The van der Waals surface area contributed by atoms with E-state index in [-0.39, 0.29) is 0 Å². The first-order valence-corrected chi connectivity index (χ1v) is 5.89. The number of rotatable bonds is 1. The van der Waals surface area contributed by atoms with Crippen LogP contribution in [0.1, 0.15) is 5.56 Å². The first-order valence-electron chi connectivity index (χ1n) is 3.89. The summed E-state index contributed by atoms with van der Waals surface area (Å²) in [5, 5.41) is 0. The zero-order valence-corrected chi connectivity index (χ0v) is 11.8. The maximum atomic E-state index is 5.91. The Morgan fingerprint density at radius 3 is 2.43 bits per heavy atom. The van der Waals surface area contributed by atoms with Crippen molar-refractivity contribution >= 4 is 54.8 Å². The van der Waals surface area contributed by atoms with Gasteiger partial charge in [-0.05, 0) is 28.1 Å². The van der Waals surface area contributed by atoms with Crippen LogP contribution >= 0.6 is 44.1 Å². The van der Waals surface area contributed by atoms with Crippen LogP contribution in [0.25, 0.3) is 0 Å². The Bertz CT molecular complexity index is 377. The van der Waals surface area contributed by atoms with Gasteiger partial charge in [0.2, 0.25) is 0 Å². The van der Waals surface area contributed by atoms with Gasteiger partial charge in [0.1, 0.15) is 4.99 Å². The molecule has 2 nitrogen and oxygen atoms in total. The Labute approximate surface area is 106 Å². The average Bonchev–Trinajstić information content (AvgIpc) is 2.09. The van der Waals surface area contributed by atoms with Crippen molar-refractivity contribution in [2.45, 2.75) is 0 Å². The van der Waals surface area contributed by atoms with E-state index in [0.717, 1.165) is 19.5 Å². The van der Waals surface area contributed by atoms with Crippen LogP contribution in [0.15, 0.2) is 21.1 Å². The van der Waals surface area contributed by atoms with Crippen molar-refractivity contribution in [3.05, 3.63) is 26.6 Å². The van der Waals surface area contributed by atoms with E-state index in [2.05, 4.69) is 31.9 Å². The molecule has 0 fully saturated rings. The van der Waals surface area contributed by atoms with Crippen LogP contribution in [0.5, 0.6) is 0 Å². The molecule has 0 saturated heterocycles. The van der Waals surface area contributed by atoms with Crippen LogP contribution in [0.3, 0.4) is 0 Å². The summed E-state index contributed by atoms with van der Waals surface area (Å²) in [7, 11) is 3.80. The average molecular weight is 338 g/mol. The van der Waals surface area contributed by atoms with E-state index in [1.807, 2.05) is 31.1 Å². The first kappa shape index (κ1) is 11.9. The van der Waals surface area contributed by atoms with Crippen molar-refractivity contribution in [1.29, 1.82) is 0 Å². The maximum Gasteiger partial charge on any atom is 0.110 e. The fourth-order valence-corrected chi connectivity index (χ4v) is 2.40.